The first kappa shape index (κ1) is 29.6. The van der Waals surface area contributed by atoms with Crippen LogP contribution in [0.15, 0.2) is 29.2 Å². The number of hydrogen-bond acceptors (Lipinski definition) is 4. The number of sulfonamides is 1. The van der Waals surface area contributed by atoms with Gasteiger partial charge in [-0.3, -0.25) is 4.79 Å². The zero-order valence-corrected chi connectivity index (χ0v) is 22.7. The van der Waals surface area contributed by atoms with Gasteiger partial charge in [0.15, 0.2) is 0 Å². The van der Waals surface area contributed by atoms with Crippen LogP contribution in [0.2, 0.25) is 0 Å². The third-order valence-electron chi connectivity index (χ3n) is 6.15. The zero-order valence-electron chi connectivity index (χ0n) is 21.8. The molecule has 0 aromatic heterocycles. The molecule has 1 aromatic carbocycles. The molecule has 0 fully saturated rings. The van der Waals surface area contributed by atoms with Gasteiger partial charge in [-0.05, 0) is 57.0 Å². The van der Waals surface area contributed by atoms with Crippen molar-refractivity contribution in [1.82, 2.24) is 14.1 Å². The van der Waals surface area contributed by atoms with Crippen LogP contribution in [0.25, 0.3) is 0 Å². The molecule has 0 aliphatic rings. The third-order valence-corrected chi connectivity index (χ3v) is 8.00. The lowest BCUT2D eigenvalue weighted by Gasteiger charge is -2.34. The molecule has 0 aliphatic carbocycles. The highest BCUT2D eigenvalue weighted by Crippen LogP contribution is 2.18. The molecule has 1 rings (SSSR count). The lowest BCUT2D eigenvalue weighted by Crippen LogP contribution is -2.47. The number of hydrogen-bond donors (Lipinski definition) is 0. The minimum atomic E-state index is -3.54. The number of benzene rings is 1. The van der Waals surface area contributed by atoms with Gasteiger partial charge in [-0.2, -0.15) is 0 Å². The molecule has 0 saturated carbocycles. The van der Waals surface area contributed by atoms with E-state index in [-0.39, 0.29) is 23.3 Å². The fourth-order valence-electron chi connectivity index (χ4n) is 4.08. The van der Waals surface area contributed by atoms with Crippen LogP contribution in [0.1, 0.15) is 78.2 Å². The average Bonchev–Trinajstić information content (AvgIpc) is 2.79. The minimum Gasteiger partial charge on any atom is -0.338 e. The number of rotatable bonds is 17. The van der Waals surface area contributed by atoms with Crippen LogP contribution in [0, 0.1) is 0 Å². The highest BCUT2D eigenvalue weighted by atomic mass is 32.2. The predicted molar refractivity (Wildman–Crippen MR) is 138 cm³/mol. The Hall–Kier alpha value is -1.44. The summed E-state index contributed by atoms with van der Waals surface area (Å²) >= 11 is 0. The topological polar surface area (TPSA) is 60.9 Å². The van der Waals surface area contributed by atoms with E-state index in [1.54, 1.807) is 25.2 Å². The lowest BCUT2D eigenvalue weighted by molar-refractivity contribution is -0.133. The van der Waals surface area contributed by atoms with Gasteiger partial charge in [-0.15, -0.1) is 0 Å². The van der Waals surface area contributed by atoms with Crippen LogP contribution in [0.5, 0.6) is 0 Å². The van der Waals surface area contributed by atoms with Gasteiger partial charge < -0.3 is 9.80 Å². The molecular weight excluding hydrogens is 434 g/mol. The number of carbonyl (C=O) groups excluding carboxylic acids is 1. The van der Waals surface area contributed by atoms with Gasteiger partial charge in [-0.25, -0.2) is 12.7 Å². The van der Waals surface area contributed by atoms with Crippen LogP contribution in [0.4, 0.5) is 0 Å². The Morgan fingerprint density at radius 3 is 2.21 bits per heavy atom. The molecular formula is C26H47N3O3S. The van der Waals surface area contributed by atoms with Crippen molar-refractivity contribution in [2.75, 3.05) is 40.3 Å². The Kier molecular flexibility index (Phi) is 13.9. The third kappa shape index (κ3) is 9.75. The summed E-state index contributed by atoms with van der Waals surface area (Å²) < 4.78 is 27.1. The molecule has 1 atom stereocenters. The van der Waals surface area contributed by atoms with Gasteiger partial charge in [0.2, 0.25) is 15.9 Å². The first-order valence-electron chi connectivity index (χ1n) is 12.7. The van der Waals surface area contributed by atoms with E-state index in [0.29, 0.717) is 6.54 Å². The molecule has 0 saturated heterocycles. The zero-order chi connectivity index (χ0) is 24.9. The Labute approximate surface area is 203 Å². The molecule has 1 amide bonds. The average molecular weight is 482 g/mol. The second kappa shape index (κ2) is 15.5. The number of carbonyl (C=O) groups is 1. The Morgan fingerprint density at radius 2 is 1.61 bits per heavy atom. The summed E-state index contributed by atoms with van der Waals surface area (Å²) in [4.78, 5) is 18.1. The summed E-state index contributed by atoms with van der Waals surface area (Å²) in [7, 11) is 0.196. The number of nitrogens with zero attached hydrogens (tertiary/aromatic N) is 3. The van der Waals surface area contributed by atoms with E-state index in [0.717, 1.165) is 70.1 Å². The van der Waals surface area contributed by atoms with Gasteiger partial charge in [0.05, 0.1) is 11.3 Å². The van der Waals surface area contributed by atoms with E-state index < -0.39 is 10.0 Å². The molecule has 0 heterocycles. The maximum absolute atomic E-state index is 13.4. The van der Waals surface area contributed by atoms with Crippen LogP contribution >= 0.6 is 0 Å². The summed E-state index contributed by atoms with van der Waals surface area (Å²) in [5.74, 6) is 0.0818. The fourth-order valence-corrected chi connectivity index (χ4v) is 5.41. The lowest BCUT2D eigenvalue weighted by atomic mass is 10.1. The molecule has 0 spiro atoms. The number of unbranched alkanes of at least 4 members (excludes halogenated alkanes) is 3. The summed E-state index contributed by atoms with van der Waals surface area (Å²) in [6.45, 7) is 11.6. The van der Waals surface area contributed by atoms with Crippen molar-refractivity contribution in [1.29, 1.82) is 0 Å². The molecule has 0 radical (unpaired) electrons. The van der Waals surface area contributed by atoms with Crippen LogP contribution < -0.4 is 0 Å². The van der Waals surface area contributed by atoms with Crippen molar-refractivity contribution in [3.63, 3.8) is 0 Å². The predicted octanol–water partition coefficient (Wildman–Crippen LogP) is 4.79. The van der Waals surface area contributed by atoms with E-state index in [4.69, 9.17) is 0 Å². The Balaban J connectivity index is 3.04. The molecule has 0 N–H and O–H groups in total. The van der Waals surface area contributed by atoms with Crippen molar-refractivity contribution in [3.8, 4) is 0 Å². The maximum Gasteiger partial charge on any atom is 0.242 e. The first-order chi connectivity index (χ1) is 15.7. The number of amides is 1. The maximum atomic E-state index is 13.4. The summed E-state index contributed by atoms with van der Waals surface area (Å²) in [5, 5.41) is 0. The number of likely N-dealkylation sites (N-methyl/N-ethyl adjacent to an activating group) is 1. The molecule has 33 heavy (non-hydrogen) atoms. The van der Waals surface area contributed by atoms with Crippen LogP contribution in [-0.2, 0) is 21.2 Å². The highest BCUT2D eigenvalue weighted by molar-refractivity contribution is 7.89. The first-order valence-corrected chi connectivity index (χ1v) is 14.2. The summed E-state index contributed by atoms with van der Waals surface area (Å²) in [6.07, 6.45) is 7.41. The SMILES string of the molecule is CCCCCN(C(=O)Cc1cccc(S(=O)(=O)N(C)CCC)c1)[C@@H](CC)CN(C)CCCC. The molecule has 7 heteroatoms. The van der Waals surface area contributed by atoms with Crippen LogP contribution in [-0.4, -0.2) is 74.7 Å². The largest absolute Gasteiger partial charge is 0.338 e. The van der Waals surface area contributed by atoms with Gasteiger partial charge in [-0.1, -0.05) is 59.1 Å². The minimum absolute atomic E-state index is 0.0818. The van der Waals surface area contributed by atoms with E-state index >= 15 is 0 Å². The smallest absolute Gasteiger partial charge is 0.242 e. The quantitative estimate of drug-likeness (QED) is 0.300. The van der Waals surface area contributed by atoms with Crippen molar-refractivity contribution < 1.29 is 13.2 Å². The van der Waals surface area contributed by atoms with Crippen molar-refractivity contribution in [3.05, 3.63) is 29.8 Å². The Bertz CT molecular complexity index is 798. The van der Waals surface area contributed by atoms with Gasteiger partial charge in [0.1, 0.15) is 0 Å². The van der Waals surface area contributed by atoms with Gasteiger partial charge >= 0.3 is 0 Å². The van der Waals surface area contributed by atoms with Gasteiger partial charge in [0.25, 0.3) is 0 Å². The normalized spacial score (nSPS) is 13.0. The molecule has 0 unspecified atom stereocenters. The van der Waals surface area contributed by atoms with E-state index in [9.17, 15) is 13.2 Å². The van der Waals surface area contributed by atoms with Crippen LogP contribution in [0.3, 0.4) is 0 Å². The summed E-state index contributed by atoms with van der Waals surface area (Å²) in [5.41, 5.74) is 0.751. The highest BCUT2D eigenvalue weighted by Gasteiger charge is 2.25. The molecule has 6 nitrogen and oxygen atoms in total. The molecule has 1 aromatic rings. The standard InChI is InChI=1S/C26H47N3O3S/c1-7-11-13-19-29(24(10-4)22-27(5)18-12-8-2)26(30)21-23-15-14-16-25(20-23)33(31,32)28(6)17-9-3/h14-16,20,24H,7-13,17-19,21-22H2,1-6H3/t24-/m0/s1. The fraction of sp³-hybridized carbons (Fsp3) is 0.731. The summed E-state index contributed by atoms with van der Waals surface area (Å²) in [6, 6.07) is 7.05. The Morgan fingerprint density at radius 1 is 0.909 bits per heavy atom. The van der Waals surface area contributed by atoms with Gasteiger partial charge in [0, 0.05) is 32.7 Å². The molecule has 0 aliphatic heterocycles. The monoisotopic (exact) mass is 481 g/mol. The second-order valence-corrected chi connectivity index (χ2v) is 11.2. The molecule has 190 valence electrons. The van der Waals surface area contributed by atoms with Crippen molar-refractivity contribution >= 4 is 15.9 Å². The van der Waals surface area contributed by atoms with Crippen molar-refractivity contribution in [2.24, 2.45) is 0 Å². The molecule has 0 bridgehead atoms. The van der Waals surface area contributed by atoms with E-state index in [1.807, 2.05) is 17.9 Å². The second-order valence-electron chi connectivity index (χ2n) is 9.12. The van der Waals surface area contributed by atoms with Crippen molar-refractivity contribution in [2.45, 2.75) is 90.0 Å². The van der Waals surface area contributed by atoms with E-state index in [1.165, 1.54) is 4.31 Å². The van der Waals surface area contributed by atoms with E-state index in [2.05, 4.69) is 32.7 Å².